The lowest BCUT2D eigenvalue weighted by atomic mass is 10.0. The van der Waals surface area contributed by atoms with E-state index in [4.69, 9.17) is 9.47 Å². The summed E-state index contributed by atoms with van der Waals surface area (Å²) in [6.07, 6.45) is 2.16. The lowest BCUT2D eigenvalue weighted by molar-refractivity contribution is 0.0660. The van der Waals surface area contributed by atoms with E-state index in [1.807, 2.05) is 66.7 Å². The van der Waals surface area contributed by atoms with Crippen LogP contribution >= 0.6 is 0 Å². The van der Waals surface area contributed by atoms with Crippen LogP contribution in [-0.4, -0.2) is 37.5 Å². The van der Waals surface area contributed by atoms with Crippen LogP contribution in [0.15, 0.2) is 90.0 Å². The van der Waals surface area contributed by atoms with E-state index in [0.29, 0.717) is 24.3 Å². The fourth-order valence-electron chi connectivity index (χ4n) is 4.53. The number of methoxy groups -OCH3 is 1. The van der Waals surface area contributed by atoms with Gasteiger partial charge in [0.2, 0.25) is 10.0 Å². The van der Waals surface area contributed by atoms with Crippen LogP contribution in [-0.2, 0) is 34.3 Å². The molecule has 7 heteroatoms. The smallest absolute Gasteiger partial charge is 0.245 e. The summed E-state index contributed by atoms with van der Waals surface area (Å²) in [5.74, 6) is 0.697. The molecule has 3 aromatic carbocycles. The molecule has 1 atom stereocenters. The fraction of sp³-hybridized carbons (Fsp3) is 0.222. The fourth-order valence-corrected chi connectivity index (χ4v) is 6.29. The van der Waals surface area contributed by atoms with Gasteiger partial charge >= 0.3 is 0 Å². The first-order chi connectivity index (χ1) is 16.6. The molecule has 1 aromatic heterocycles. The average molecular weight is 475 g/mol. The van der Waals surface area contributed by atoms with Crippen LogP contribution in [0.25, 0.3) is 10.9 Å². The first-order valence-electron chi connectivity index (χ1n) is 11.2. The minimum atomic E-state index is -3.91. The summed E-state index contributed by atoms with van der Waals surface area (Å²) in [4.78, 5) is 4.61. The summed E-state index contributed by atoms with van der Waals surface area (Å²) in [5, 5.41) is 0.786. The number of hydrogen-bond acceptors (Lipinski definition) is 5. The van der Waals surface area contributed by atoms with E-state index in [0.717, 1.165) is 22.1 Å². The van der Waals surface area contributed by atoms with Crippen molar-refractivity contribution in [2.75, 3.05) is 13.7 Å². The Morgan fingerprint density at radius 2 is 1.79 bits per heavy atom. The van der Waals surface area contributed by atoms with Gasteiger partial charge in [0, 0.05) is 23.7 Å². The lowest BCUT2D eigenvalue weighted by Crippen LogP contribution is -2.45. The Morgan fingerprint density at radius 1 is 1.00 bits per heavy atom. The number of aromatic nitrogens is 1. The maximum atomic E-state index is 14.2. The van der Waals surface area contributed by atoms with E-state index >= 15 is 0 Å². The van der Waals surface area contributed by atoms with Crippen molar-refractivity contribution in [3.8, 4) is 5.75 Å². The summed E-state index contributed by atoms with van der Waals surface area (Å²) >= 11 is 0. The summed E-state index contributed by atoms with van der Waals surface area (Å²) in [5.41, 5.74) is 3.27. The van der Waals surface area contributed by atoms with Gasteiger partial charge in [0.25, 0.3) is 0 Å². The molecule has 34 heavy (non-hydrogen) atoms. The number of ether oxygens (including phenoxy) is 2. The van der Waals surface area contributed by atoms with Gasteiger partial charge < -0.3 is 9.47 Å². The zero-order chi connectivity index (χ0) is 23.5. The standard InChI is InChI=1S/C27H26N2O4S/c1-32-25-13-5-11-22-17-29(23(18-33-19-24(22)25)16-20-8-3-2-4-9-20)34(30,31)26-14-6-10-21-12-7-15-28-27(21)26/h2-15,23H,16-19H2,1H3. The van der Waals surface area contributed by atoms with Crippen LogP contribution < -0.4 is 4.74 Å². The van der Waals surface area contributed by atoms with Crippen LogP contribution in [0.5, 0.6) is 5.75 Å². The van der Waals surface area contributed by atoms with Crippen molar-refractivity contribution in [2.45, 2.75) is 30.5 Å². The van der Waals surface area contributed by atoms with Crippen LogP contribution in [0.4, 0.5) is 0 Å². The van der Waals surface area contributed by atoms with Gasteiger partial charge in [-0.1, -0.05) is 60.7 Å². The molecule has 5 rings (SSSR count). The molecule has 174 valence electrons. The molecule has 0 spiro atoms. The molecule has 0 saturated heterocycles. The molecular formula is C27H26N2O4S. The molecular weight excluding hydrogens is 448 g/mol. The van der Waals surface area contributed by atoms with Gasteiger partial charge in [-0.25, -0.2) is 8.42 Å². The van der Waals surface area contributed by atoms with Crippen molar-refractivity contribution in [1.82, 2.24) is 9.29 Å². The third-order valence-corrected chi connectivity index (χ3v) is 8.17. The molecule has 0 fully saturated rings. The van der Waals surface area contributed by atoms with Crippen molar-refractivity contribution in [3.05, 3.63) is 102 Å². The molecule has 1 aliphatic heterocycles. The highest BCUT2D eigenvalue weighted by Gasteiger charge is 2.35. The SMILES string of the molecule is COc1cccc2c1COCC(Cc1ccccc1)N(S(=O)(=O)c1cccc3cccnc13)C2. The summed E-state index contributed by atoms with van der Waals surface area (Å²) in [6, 6.07) is 24.2. The number of benzene rings is 3. The second-order valence-corrected chi connectivity index (χ2v) is 10.2. The van der Waals surface area contributed by atoms with Gasteiger partial charge in [0.05, 0.1) is 31.9 Å². The molecule has 1 aliphatic rings. The Morgan fingerprint density at radius 3 is 2.62 bits per heavy atom. The number of sulfonamides is 1. The number of nitrogens with zero attached hydrogens (tertiary/aromatic N) is 2. The van der Waals surface area contributed by atoms with E-state index in [2.05, 4.69) is 4.98 Å². The molecule has 4 aromatic rings. The highest BCUT2D eigenvalue weighted by molar-refractivity contribution is 7.89. The summed E-state index contributed by atoms with van der Waals surface area (Å²) in [7, 11) is -2.30. The minimum Gasteiger partial charge on any atom is -0.496 e. The zero-order valence-electron chi connectivity index (χ0n) is 18.9. The van der Waals surface area contributed by atoms with Gasteiger partial charge in [-0.3, -0.25) is 4.98 Å². The summed E-state index contributed by atoms with van der Waals surface area (Å²) in [6.45, 7) is 0.858. The molecule has 2 heterocycles. The number of pyridine rings is 1. The topological polar surface area (TPSA) is 68.7 Å². The zero-order valence-corrected chi connectivity index (χ0v) is 19.7. The molecule has 0 amide bonds. The van der Waals surface area contributed by atoms with Crippen molar-refractivity contribution < 1.29 is 17.9 Å². The molecule has 6 nitrogen and oxygen atoms in total. The van der Waals surface area contributed by atoms with E-state index in [1.54, 1.807) is 29.7 Å². The van der Waals surface area contributed by atoms with Crippen LogP contribution in [0.3, 0.4) is 0 Å². The molecule has 0 N–H and O–H groups in total. The number of hydrogen-bond donors (Lipinski definition) is 0. The molecule has 0 bridgehead atoms. The molecule has 0 aliphatic carbocycles. The minimum absolute atomic E-state index is 0.202. The van der Waals surface area contributed by atoms with Gasteiger partial charge in [-0.2, -0.15) is 4.31 Å². The van der Waals surface area contributed by atoms with Crippen LogP contribution in [0, 0.1) is 0 Å². The molecule has 0 saturated carbocycles. The van der Waals surface area contributed by atoms with Crippen molar-refractivity contribution in [2.24, 2.45) is 0 Å². The van der Waals surface area contributed by atoms with E-state index in [-0.39, 0.29) is 24.1 Å². The lowest BCUT2D eigenvalue weighted by Gasteiger charge is -2.34. The third kappa shape index (κ3) is 4.30. The number of fused-ring (bicyclic) bond motifs is 2. The van der Waals surface area contributed by atoms with Crippen molar-refractivity contribution in [1.29, 1.82) is 0 Å². The van der Waals surface area contributed by atoms with Crippen LogP contribution in [0.2, 0.25) is 0 Å². The monoisotopic (exact) mass is 474 g/mol. The predicted octanol–water partition coefficient (Wildman–Crippen LogP) is 4.58. The molecule has 0 radical (unpaired) electrons. The maximum absolute atomic E-state index is 14.2. The number of rotatable bonds is 5. The Hall–Kier alpha value is -3.26. The Bertz CT molecular complexity index is 1400. The van der Waals surface area contributed by atoms with Gasteiger partial charge in [0.1, 0.15) is 10.6 Å². The number of para-hydroxylation sites is 1. The summed E-state index contributed by atoms with van der Waals surface area (Å²) < 4.78 is 41.6. The van der Waals surface area contributed by atoms with E-state index < -0.39 is 10.0 Å². The highest BCUT2D eigenvalue weighted by Crippen LogP contribution is 2.32. The predicted molar refractivity (Wildman–Crippen MR) is 131 cm³/mol. The average Bonchev–Trinajstić information content (AvgIpc) is 2.86. The second-order valence-electron chi connectivity index (χ2n) is 8.34. The van der Waals surface area contributed by atoms with E-state index in [1.165, 1.54) is 0 Å². The van der Waals surface area contributed by atoms with Gasteiger partial charge in [-0.05, 0) is 35.7 Å². The van der Waals surface area contributed by atoms with Crippen molar-refractivity contribution >= 4 is 20.9 Å². The van der Waals surface area contributed by atoms with E-state index in [9.17, 15) is 8.42 Å². The van der Waals surface area contributed by atoms with Crippen LogP contribution in [0.1, 0.15) is 16.7 Å². The molecule has 1 unspecified atom stereocenters. The first-order valence-corrected chi connectivity index (χ1v) is 12.6. The highest BCUT2D eigenvalue weighted by atomic mass is 32.2. The normalized spacial score (nSPS) is 17.0. The van der Waals surface area contributed by atoms with Gasteiger partial charge in [0.15, 0.2) is 0 Å². The Labute approximate surface area is 199 Å². The van der Waals surface area contributed by atoms with Gasteiger partial charge in [-0.15, -0.1) is 0 Å². The first kappa shape index (κ1) is 22.5. The second kappa shape index (κ2) is 9.54. The van der Waals surface area contributed by atoms with Crippen molar-refractivity contribution in [3.63, 3.8) is 0 Å². The Balaban J connectivity index is 1.64. The Kier molecular flexibility index (Phi) is 6.32. The third-order valence-electron chi connectivity index (χ3n) is 6.24. The largest absolute Gasteiger partial charge is 0.496 e. The quantitative estimate of drug-likeness (QED) is 0.424. The maximum Gasteiger partial charge on any atom is 0.245 e.